The number of hydrogen-bond acceptors (Lipinski definition) is 4. The molecule has 0 spiro atoms. The second kappa shape index (κ2) is 5.02. The van der Waals surface area contributed by atoms with Gasteiger partial charge in [0.1, 0.15) is 0 Å². The minimum atomic E-state index is 0.634. The summed E-state index contributed by atoms with van der Waals surface area (Å²) in [4.78, 5) is 13.3. The average Bonchev–Trinajstić information content (AvgIpc) is 2.47. The largest absolute Gasteiger partial charge is 0.354 e. The maximum Gasteiger partial charge on any atom is 0.223 e. The molecule has 1 N–H and O–H groups in total. The Morgan fingerprint density at radius 1 is 0.947 bits per heavy atom. The number of hydrogen-bond donors (Lipinski definition) is 1. The highest BCUT2D eigenvalue weighted by Crippen LogP contribution is 2.19. The van der Waals surface area contributed by atoms with E-state index in [1.54, 1.807) is 6.20 Å². The number of nitrogens with zero attached hydrogens (tertiary/aromatic N) is 3. The van der Waals surface area contributed by atoms with Crippen molar-refractivity contribution < 1.29 is 0 Å². The summed E-state index contributed by atoms with van der Waals surface area (Å²) in [6, 6.07) is 14.0. The summed E-state index contributed by atoms with van der Waals surface area (Å²) in [6.07, 6.45) is 1.75. The topological polar surface area (TPSA) is 50.7 Å². The summed E-state index contributed by atoms with van der Waals surface area (Å²) >= 11 is 0. The molecule has 0 unspecified atom stereocenters. The normalized spacial score (nSPS) is 10.6. The summed E-state index contributed by atoms with van der Waals surface area (Å²) in [5, 5.41) is 4.24. The van der Waals surface area contributed by atoms with E-state index in [1.807, 2.05) is 37.3 Å². The van der Waals surface area contributed by atoms with Gasteiger partial charge < -0.3 is 5.32 Å². The van der Waals surface area contributed by atoms with Crippen LogP contribution in [0.3, 0.4) is 0 Å². The maximum atomic E-state index is 4.63. The molecule has 0 aliphatic heterocycles. The highest BCUT2D eigenvalue weighted by atomic mass is 15.1. The molecule has 0 aliphatic rings. The van der Waals surface area contributed by atoms with E-state index in [0.717, 1.165) is 28.8 Å². The van der Waals surface area contributed by atoms with Crippen LogP contribution in [-0.2, 0) is 0 Å². The fourth-order valence-electron chi connectivity index (χ4n) is 1.95. The van der Waals surface area contributed by atoms with Crippen molar-refractivity contribution in [3.63, 3.8) is 0 Å². The van der Waals surface area contributed by atoms with E-state index < -0.39 is 0 Å². The number of fused-ring (bicyclic) bond motifs is 1. The van der Waals surface area contributed by atoms with Crippen molar-refractivity contribution in [1.29, 1.82) is 0 Å². The molecule has 1 aromatic carbocycles. The van der Waals surface area contributed by atoms with E-state index in [2.05, 4.69) is 32.4 Å². The molecule has 19 heavy (non-hydrogen) atoms. The van der Waals surface area contributed by atoms with Crippen LogP contribution in [0, 0.1) is 0 Å². The van der Waals surface area contributed by atoms with Crippen molar-refractivity contribution in [1.82, 2.24) is 15.0 Å². The predicted octanol–water partition coefficient (Wildman–Crippen LogP) is 3.12. The quantitative estimate of drug-likeness (QED) is 0.776. The van der Waals surface area contributed by atoms with Gasteiger partial charge in [0.2, 0.25) is 5.95 Å². The van der Waals surface area contributed by atoms with E-state index in [4.69, 9.17) is 0 Å². The van der Waals surface area contributed by atoms with E-state index >= 15 is 0 Å². The average molecular weight is 250 g/mol. The van der Waals surface area contributed by atoms with Crippen LogP contribution >= 0.6 is 0 Å². The molecule has 2 heterocycles. The number of nitrogens with one attached hydrogen (secondary N) is 1. The van der Waals surface area contributed by atoms with Crippen molar-refractivity contribution >= 4 is 16.9 Å². The molecule has 3 rings (SSSR count). The van der Waals surface area contributed by atoms with Gasteiger partial charge in [-0.05, 0) is 25.1 Å². The number of anilines is 1. The molecule has 2 aromatic heterocycles. The monoisotopic (exact) mass is 250 g/mol. The van der Waals surface area contributed by atoms with E-state index in [-0.39, 0.29) is 0 Å². The predicted molar refractivity (Wildman–Crippen MR) is 76.9 cm³/mol. The Bertz CT molecular complexity index is 709. The first-order valence-corrected chi connectivity index (χ1v) is 6.30. The lowest BCUT2D eigenvalue weighted by atomic mass is 10.2. The number of pyridine rings is 1. The van der Waals surface area contributed by atoms with Crippen molar-refractivity contribution in [3.05, 3.63) is 48.7 Å². The van der Waals surface area contributed by atoms with Crippen molar-refractivity contribution in [2.24, 2.45) is 0 Å². The Hall–Kier alpha value is -2.49. The Kier molecular flexibility index (Phi) is 3.06. The van der Waals surface area contributed by atoms with E-state index in [9.17, 15) is 0 Å². The van der Waals surface area contributed by atoms with Gasteiger partial charge in [-0.2, -0.15) is 0 Å². The second-order valence-corrected chi connectivity index (χ2v) is 4.19. The smallest absolute Gasteiger partial charge is 0.223 e. The standard InChI is InChI=1S/C15H14N4/c1-2-16-15-17-10-9-14(19-15)13-8-7-11-5-3-4-6-12(11)18-13/h3-10H,2H2,1H3,(H,16,17,19). The van der Waals surface area contributed by atoms with Crippen LogP contribution < -0.4 is 5.32 Å². The van der Waals surface area contributed by atoms with Crippen LogP contribution in [0.25, 0.3) is 22.3 Å². The van der Waals surface area contributed by atoms with Gasteiger partial charge in [0, 0.05) is 18.1 Å². The van der Waals surface area contributed by atoms with E-state index in [1.165, 1.54) is 0 Å². The molecule has 0 amide bonds. The van der Waals surface area contributed by atoms with Gasteiger partial charge in [-0.1, -0.05) is 24.3 Å². The molecule has 0 radical (unpaired) electrons. The molecule has 0 saturated carbocycles. The number of benzene rings is 1. The Morgan fingerprint density at radius 2 is 1.79 bits per heavy atom. The highest BCUT2D eigenvalue weighted by Gasteiger charge is 2.04. The second-order valence-electron chi connectivity index (χ2n) is 4.19. The molecule has 4 heteroatoms. The first kappa shape index (κ1) is 11.6. The van der Waals surface area contributed by atoms with Crippen LogP contribution in [0.5, 0.6) is 0 Å². The zero-order chi connectivity index (χ0) is 13.1. The third-order valence-corrected chi connectivity index (χ3v) is 2.85. The fourth-order valence-corrected chi connectivity index (χ4v) is 1.95. The fraction of sp³-hybridized carbons (Fsp3) is 0.133. The van der Waals surface area contributed by atoms with Gasteiger partial charge in [0.05, 0.1) is 16.9 Å². The van der Waals surface area contributed by atoms with Crippen LogP contribution in [-0.4, -0.2) is 21.5 Å². The van der Waals surface area contributed by atoms with Crippen LogP contribution in [0.15, 0.2) is 48.7 Å². The summed E-state index contributed by atoms with van der Waals surface area (Å²) in [5.41, 5.74) is 2.67. The van der Waals surface area contributed by atoms with Gasteiger partial charge in [-0.15, -0.1) is 0 Å². The zero-order valence-electron chi connectivity index (χ0n) is 10.7. The molecular formula is C15H14N4. The molecule has 0 bridgehead atoms. The van der Waals surface area contributed by atoms with E-state index in [0.29, 0.717) is 5.95 Å². The highest BCUT2D eigenvalue weighted by molar-refractivity contribution is 5.80. The lowest BCUT2D eigenvalue weighted by Gasteiger charge is -2.05. The lowest BCUT2D eigenvalue weighted by Crippen LogP contribution is -2.02. The van der Waals surface area contributed by atoms with Crippen molar-refractivity contribution in [2.45, 2.75) is 6.92 Å². The van der Waals surface area contributed by atoms with Crippen LogP contribution in [0.4, 0.5) is 5.95 Å². The van der Waals surface area contributed by atoms with Crippen LogP contribution in [0.1, 0.15) is 6.92 Å². The summed E-state index contributed by atoms with van der Waals surface area (Å²) < 4.78 is 0. The van der Waals surface area contributed by atoms with Gasteiger partial charge >= 0.3 is 0 Å². The molecule has 0 atom stereocenters. The summed E-state index contributed by atoms with van der Waals surface area (Å²) in [7, 11) is 0. The number of aromatic nitrogens is 3. The lowest BCUT2D eigenvalue weighted by molar-refractivity contribution is 1.08. The van der Waals surface area contributed by atoms with Crippen molar-refractivity contribution in [2.75, 3.05) is 11.9 Å². The third-order valence-electron chi connectivity index (χ3n) is 2.85. The molecule has 4 nitrogen and oxygen atoms in total. The first-order chi connectivity index (χ1) is 9.36. The minimum absolute atomic E-state index is 0.634. The SMILES string of the molecule is CCNc1nccc(-c2ccc3ccccc3n2)n1. The molecule has 0 saturated heterocycles. The van der Waals surface area contributed by atoms with Crippen LogP contribution in [0.2, 0.25) is 0 Å². The molecule has 94 valence electrons. The maximum absolute atomic E-state index is 4.63. The van der Waals surface area contributed by atoms with Gasteiger partial charge in [-0.25, -0.2) is 15.0 Å². The minimum Gasteiger partial charge on any atom is -0.354 e. The van der Waals surface area contributed by atoms with Gasteiger partial charge in [0.15, 0.2) is 0 Å². The third kappa shape index (κ3) is 2.38. The number of para-hydroxylation sites is 1. The molecular weight excluding hydrogens is 236 g/mol. The summed E-state index contributed by atoms with van der Waals surface area (Å²) in [5.74, 6) is 0.634. The Labute approximate surface area is 111 Å². The molecule has 0 aliphatic carbocycles. The van der Waals surface area contributed by atoms with Crippen molar-refractivity contribution in [3.8, 4) is 11.4 Å². The van der Waals surface area contributed by atoms with Gasteiger partial charge in [0.25, 0.3) is 0 Å². The Morgan fingerprint density at radius 3 is 2.68 bits per heavy atom. The molecule has 0 fully saturated rings. The first-order valence-electron chi connectivity index (χ1n) is 6.30. The Balaban J connectivity index is 2.05. The molecule has 3 aromatic rings. The summed E-state index contributed by atoms with van der Waals surface area (Å²) in [6.45, 7) is 2.82. The zero-order valence-corrected chi connectivity index (χ0v) is 10.7. The van der Waals surface area contributed by atoms with Gasteiger partial charge in [-0.3, -0.25) is 0 Å². The number of rotatable bonds is 3.